The van der Waals surface area contributed by atoms with Gasteiger partial charge in [-0.1, -0.05) is 5.18 Å². The summed E-state index contributed by atoms with van der Waals surface area (Å²) in [6.07, 6.45) is -0.444. The molecule has 0 unspecified atom stereocenters. The largest absolute Gasteiger partial charge is 0.508 e. The highest BCUT2D eigenvalue weighted by Gasteiger charge is 2.23. The summed E-state index contributed by atoms with van der Waals surface area (Å²) in [5, 5.41) is 19.8. The van der Waals surface area contributed by atoms with Crippen molar-refractivity contribution in [3.63, 3.8) is 0 Å². The third-order valence-corrected chi connectivity index (χ3v) is 2.11. The summed E-state index contributed by atoms with van der Waals surface area (Å²) in [5.74, 6) is -1.52. The molecule has 0 heterocycles. The number of ketones is 1. The lowest BCUT2D eigenvalue weighted by molar-refractivity contribution is -0.130. The van der Waals surface area contributed by atoms with E-state index in [2.05, 4.69) is 5.18 Å². The van der Waals surface area contributed by atoms with Crippen molar-refractivity contribution in [1.29, 1.82) is 0 Å². The number of phenolic OH excluding ortho intramolecular Hbond substituents is 1. The standard InChI is InChI=1S/C10H10N2O5/c13-7-3-1-6(2-4-7)9(14)5-8(11-16)10(15)12-17/h1-4,8,13,17H,5H2,(H,12,15)/t8-/m1/s1. The van der Waals surface area contributed by atoms with Crippen molar-refractivity contribution in [2.45, 2.75) is 12.5 Å². The van der Waals surface area contributed by atoms with E-state index in [-0.39, 0.29) is 11.3 Å². The number of Topliss-reactive ketones (excluding diaryl/α,β-unsaturated/α-hetero) is 1. The number of phenols is 1. The zero-order valence-corrected chi connectivity index (χ0v) is 8.66. The minimum atomic E-state index is -1.47. The Hall–Kier alpha value is -2.28. The van der Waals surface area contributed by atoms with Crippen LogP contribution in [0.2, 0.25) is 0 Å². The van der Waals surface area contributed by atoms with Crippen LogP contribution >= 0.6 is 0 Å². The van der Waals surface area contributed by atoms with Gasteiger partial charge >= 0.3 is 0 Å². The van der Waals surface area contributed by atoms with Crippen LogP contribution in [0.25, 0.3) is 0 Å². The average Bonchev–Trinajstić information content (AvgIpc) is 2.35. The Balaban J connectivity index is 2.74. The van der Waals surface area contributed by atoms with Gasteiger partial charge in [0.05, 0.1) is 0 Å². The van der Waals surface area contributed by atoms with Gasteiger partial charge in [0.1, 0.15) is 5.75 Å². The van der Waals surface area contributed by atoms with Crippen LogP contribution in [-0.4, -0.2) is 28.0 Å². The van der Waals surface area contributed by atoms with Gasteiger partial charge in [-0.05, 0) is 24.3 Å². The summed E-state index contributed by atoms with van der Waals surface area (Å²) < 4.78 is 0. The summed E-state index contributed by atoms with van der Waals surface area (Å²) in [5.41, 5.74) is 1.50. The van der Waals surface area contributed by atoms with Crippen LogP contribution in [0.3, 0.4) is 0 Å². The number of hydroxylamine groups is 1. The van der Waals surface area contributed by atoms with Gasteiger partial charge in [0.25, 0.3) is 5.91 Å². The van der Waals surface area contributed by atoms with E-state index in [1.54, 1.807) is 0 Å². The number of carbonyl (C=O) groups excluding carboxylic acids is 2. The zero-order chi connectivity index (χ0) is 12.8. The number of hydrogen-bond donors (Lipinski definition) is 3. The molecule has 0 spiro atoms. The summed E-state index contributed by atoms with van der Waals surface area (Å²) in [6, 6.07) is 3.86. The number of hydrogen-bond acceptors (Lipinski definition) is 6. The maximum Gasteiger partial charge on any atom is 0.272 e. The first kappa shape index (κ1) is 12.8. The summed E-state index contributed by atoms with van der Waals surface area (Å²) in [4.78, 5) is 32.8. The molecule has 0 saturated heterocycles. The van der Waals surface area contributed by atoms with E-state index in [9.17, 15) is 14.5 Å². The van der Waals surface area contributed by atoms with Gasteiger partial charge in [0.2, 0.25) is 0 Å². The number of nitroso groups, excluding NO2 is 1. The first-order chi connectivity index (χ1) is 8.08. The molecule has 1 rings (SSSR count). The topological polar surface area (TPSA) is 116 Å². The second-order valence-corrected chi connectivity index (χ2v) is 3.27. The van der Waals surface area contributed by atoms with E-state index >= 15 is 0 Å². The smallest absolute Gasteiger partial charge is 0.272 e. The Bertz CT molecular complexity index is 429. The van der Waals surface area contributed by atoms with E-state index in [1.807, 2.05) is 0 Å². The van der Waals surface area contributed by atoms with Crippen molar-refractivity contribution in [2.75, 3.05) is 0 Å². The van der Waals surface area contributed by atoms with Crippen molar-refractivity contribution in [3.05, 3.63) is 34.7 Å². The molecular weight excluding hydrogens is 228 g/mol. The Morgan fingerprint density at radius 1 is 1.29 bits per heavy atom. The van der Waals surface area contributed by atoms with E-state index in [1.165, 1.54) is 29.7 Å². The molecule has 1 aromatic rings. The Kier molecular flexibility index (Phi) is 4.29. The molecular formula is C10H10N2O5. The quantitative estimate of drug-likeness (QED) is 0.300. The average molecular weight is 238 g/mol. The molecule has 0 radical (unpaired) electrons. The molecule has 1 amide bonds. The van der Waals surface area contributed by atoms with Crippen LogP contribution in [0, 0.1) is 4.91 Å². The molecule has 0 aliphatic rings. The van der Waals surface area contributed by atoms with Gasteiger partial charge in [-0.15, -0.1) is 4.91 Å². The molecule has 1 atom stereocenters. The molecule has 3 N–H and O–H groups in total. The fourth-order valence-electron chi connectivity index (χ4n) is 1.19. The van der Waals surface area contributed by atoms with Gasteiger partial charge in [0.15, 0.2) is 11.8 Å². The van der Waals surface area contributed by atoms with Crippen molar-refractivity contribution in [1.82, 2.24) is 5.48 Å². The minimum Gasteiger partial charge on any atom is -0.508 e. The molecule has 1 aromatic carbocycles. The normalized spacial score (nSPS) is 11.6. The van der Waals surface area contributed by atoms with E-state index in [0.717, 1.165) is 0 Å². The number of benzene rings is 1. The van der Waals surface area contributed by atoms with Gasteiger partial charge in [-0.2, -0.15) is 0 Å². The number of nitrogens with one attached hydrogen (secondary N) is 1. The molecule has 90 valence electrons. The summed E-state index contributed by atoms with van der Waals surface area (Å²) >= 11 is 0. The van der Waals surface area contributed by atoms with E-state index < -0.39 is 24.2 Å². The predicted molar refractivity (Wildman–Crippen MR) is 56.6 cm³/mol. The molecule has 0 aliphatic heterocycles. The number of carbonyl (C=O) groups is 2. The van der Waals surface area contributed by atoms with Crippen molar-refractivity contribution >= 4 is 11.7 Å². The van der Waals surface area contributed by atoms with Crippen molar-refractivity contribution in [3.8, 4) is 5.75 Å². The van der Waals surface area contributed by atoms with Crippen LogP contribution in [-0.2, 0) is 4.79 Å². The van der Waals surface area contributed by atoms with Crippen LogP contribution in [0.15, 0.2) is 29.4 Å². The third-order valence-electron chi connectivity index (χ3n) is 2.11. The number of nitrogens with zero attached hydrogens (tertiary/aromatic N) is 1. The van der Waals surface area contributed by atoms with E-state index in [4.69, 9.17) is 10.3 Å². The van der Waals surface area contributed by atoms with Crippen LogP contribution in [0.5, 0.6) is 5.75 Å². The molecule has 0 aromatic heterocycles. The summed E-state index contributed by atoms with van der Waals surface area (Å²) in [7, 11) is 0. The molecule has 7 heteroatoms. The second-order valence-electron chi connectivity index (χ2n) is 3.27. The SMILES string of the molecule is O=N[C@H](CC(=O)c1ccc(O)cc1)C(=O)NO. The molecule has 0 saturated carbocycles. The maximum absolute atomic E-state index is 11.6. The lowest BCUT2D eigenvalue weighted by Crippen LogP contribution is -2.32. The predicted octanol–water partition coefficient (Wildman–Crippen LogP) is 0.605. The highest BCUT2D eigenvalue weighted by molar-refractivity contribution is 5.99. The third kappa shape index (κ3) is 3.35. The monoisotopic (exact) mass is 238 g/mol. The highest BCUT2D eigenvalue weighted by Crippen LogP contribution is 2.13. The van der Waals surface area contributed by atoms with Gasteiger partial charge in [0, 0.05) is 12.0 Å². The lowest BCUT2D eigenvalue weighted by atomic mass is 10.0. The van der Waals surface area contributed by atoms with Gasteiger partial charge in [-0.3, -0.25) is 14.8 Å². The first-order valence-electron chi connectivity index (χ1n) is 4.67. The Morgan fingerprint density at radius 2 is 1.88 bits per heavy atom. The maximum atomic E-state index is 11.6. The summed E-state index contributed by atoms with van der Waals surface area (Å²) in [6.45, 7) is 0. The molecule has 0 fully saturated rings. The molecule has 0 bridgehead atoms. The Morgan fingerprint density at radius 3 is 2.35 bits per heavy atom. The fraction of sp³-hybridized carbons (Fsp3) is 0.200. The molecule has 17 heavy (non-hydrogen) atoms. The Labute approximate surface area is 96.0 Å². The molecule has 7 nitrogen and oxygen atoms in total. The number of aromatic hydroxyl groups is 1. The number of rotatable bonds is 5. The van der Waals surface area contributed by atoms with Crippen LogP contribution in [0.1, 0.15) is 16.8 Å². The van der Waals surface area contributed by atoms with Gasteiger partial charge < -0.3 is 5.11 Å². The second kappa shape index (κ2) is 5.71. The first-order valence-corrected chi connectivity index (χ1v) is 4.67. The fourth-order valence-corrected chi connectivity index (χ4v) is 1.19. The lowest BCUT2D eigenvalue weighted by Gasteiger charge is -2.05. The number of amides is 1. The van der Waals surface area contributed by atoms with Crippen molar-refractivity contribution < 1.29 is 19.9 Å². The van der Waals surface area contributed by atoms with Gasteiger partial charge in [-0.25, -0.2) is 5.48 Å². The molecule has 0 aliphatic carbocycles. The van der Waals surface area contributed by atoms with E-state index in [0.29, 0.717) is 0 Å². The van der Waals surface area contributed by atoms with Crippen LogP contribution < -0.4 is 5.48 Å². The minimum absolute atomic E-state index is 0.000265. The van der Waals surface area contributed by atoms with Crippen LogP contribution in [0.4, 0.5) is 0 Å². The highest BCUT2D eigenvalue weighted by atomic mass is 16.5. The zero-order valence-electron chi connectivity index (χ0n) is 8.66. The van der Waals surface area contributed by atoms with Crippen molar-refractivity contribution in [2.24, 2.45) is 5.18 Å².